The fourth-order valence-corrected chi connectivity index (χ4v) is 3.50. The van der Waals surface area contributed by atoms with Crippen LogP contribution < -0.4 is 0 Å². The van der Waals surface area contributed by atoms with Crippen LogP contribution in [-0.2, 0) is 14.3 Å². The number of aromatic nitrogens is 1. The highest BCUT2D eigenvalue weighted by molar-refractivity contribution is 6.09. The number of aromatic amines is 1. The smallest absolute Gasteiger partial charge is 0.340 e. The molecule has 1 aromatic rings. The first-order valence-electron chi connectivity index (χ1n) is 8.99. The zero-order chi connectivity index (χ0) is 18.4. The number of ketones is 1. The summed E-state index contributed by atoms with van der Waals surface area (Å²) >= 11 is 0. The second kappa shape index (κ2) is 8.83. The SMILES string of the molecule is CCOC(=O)c1c(C)[nH]c(C)c1C(=O)COC(=O)CCC1CCCC1. The van der Waals surface area contributed by atoms with Gasteiger partial charge in [-0.1, -0.05) is 25.7 Å². The predicted octanol–water partition coefficient (Wildman–Crippen LogP) is 3.50. The van der Waals surface area contributed by atoms with Gasteiger partial charge in [0.2, 0.25) is 5.78 Å². The molecule has 6 nitrogen and oxygen atoms in total. The number of aryl methyl sites for hydroxylation is 2. The lowest BCUT2D eigenvalue weighted by molar-refractivity contribution is -0.142. The van der Waals surface area contributed by atoms with Gasteiger partial charge in [0, 0.05) is 17.8 Å². The summed E-state index contributed by atoms with van der Waals surface area (Å²) in [5.41, 5.74) is 1.63. The number of carbonyl (C=O) groups excluding carboxylic acids is 3. The molecule has 2 rings (SSSR count). The van der Waals surface area contributed by atoms with E-state index >= 15 is 0 Å². The Bertz CT molecular complexity index is 640. The van der Waals surface area contributed by atoms with Crippen LogP contribution in [0.4, 0.5) is 0 Å². The van der Waals surface area contributed by atoms with E-state index in [1.54, 1.807) is 20.8 Å². The number of hydrogen-bond donors (Lipinski definition) is 1. The average Bonchev–Trinajstić information content (AvgIpc) is 3.18. The molecule has 1 aromatic heterocycles. The molecule has 0 spiro atoms. The summed E-state index contributed by atoms with van der Waals surface area (Å²) in [7, 11) is 0. The average molecular weight is 349 g/mol. The Labute approximate surface area is 148 Å². The van der Waals surface area contributed by atoms with Gasteiger partial charge in [-0.05, 0) is 33.1 Å². The molecular weight excluding hydrogens is 322 g/mol. The Morgan fingerprint density at radius 2 is 1.68 bits per heavy atom. The molecule has 6 heteroatoms. The maximum Gasteiger partial charge on any atom is 0.340 e. The Morgan fingerprint density at radius 1 is 1.04 bits per heavy atom. The first-order valence-corrected chi connectivity index (χ1v) is 8.99. The first-order chi connectivity index (χ1) is 11.9. The maximum atomic E-state index is 12.5. The number of esters is 2. The van der Waals surface area contributed by atoms with Gasteiger partial charge < -0.3 is 14.5 Å². The molecule has 1 aliphatic rings. The van der Waals surface area contributed by atoms with Gasteiger partial charge in [0.15, 0.2) is 6.61 Å². The van der Waals surface area contributed by atoms with E-state index in [1.807, 2.05) is 0 Å². The molecule has 0 aliphatic heterocycles. The third-order valence-electron chi connectivity index (χ3n) is 4.73. The Balaban J connectivity index is 1.93. The van der Waals surface area contributed by atoms with Gasteiger partial charge in [0.25, 0.3) is 0 Å². The van der Waals surface area contributed by atoms with Crippen LogP contribution in [0.3, 0.4) is 0 Å². The van der Waals surface area contributed by atoms with Crippen molar-refractivity contribution < 1.29 is 23.9 Å². The molecule has 25 heavy (non-hydrogen) atoms. The number of rotatable bonds is 8. The molecule has 1 heterocycles. The predicted molar refractivity (Wildman–Crippen MR) is 92.7 cm³/mol. The van der Waals surface area contributed by atoms with E-state index in [-0.39, 0.29) is 36.1 Å². The van der Waals surface area contributed by atoms with Crippen LogP contribution in [0.2, 0.25) is 0 Å². The Kier molecular flexibility index (Phi) is 6.79. The quantitative estimate of drug-likeness (QED) is 0.573. The van der Waals surface area contributed by atoms with Crippen molar-refractivity contribution in [2.75, 3.05) is 13.2 Å². The van der Waals surface area contributed by atoms with Crippen molar-refractivity contribution in [1.29, 1.82) is 0 Å². The van der Waals surface area contributed by atoms with Crippen LogP contribution in [0.5, 0.6) is 0 Å². The number of carbonyl (C=O) groups is 3. The molecular formula is C19H27NO5. The highest BCUT2D eigenvalue weighted by Gasteiger charge is 2.26. The van der Waals surface area contributed by atoms with Crippen molar-refractivity contribution in [3.63, 3.8) is 0 Å². The molecule has 1 fully saturated rings. The van der Waals surface area contributed by atoms with E-state index in [0.29, 0.717) is 23.7 Å². The van der Waals surface area contributed by atoms with Crippen molar-refractivity contribution >= 4 is 17.7 Å². The van der Waals surface area contributed by atoms with Crippen LogP contribution in [0, 0.1) is 19.8 Å². The molecule has 1 aliphatic carbocycles. The number of Topliss-reactive ketones (excluding diaryl/α,β-unsaturated/α-hetero) is 1. The van der Waals surface area contributed by atoms with E-state index in [4.69, 9.17) is 9.47 Å². The third kappa shape index (κ3) is 4.94. The summed E-state index contributed by atoms with van der Waals surface area (Å²) in [6.45, 7) is 5.01. The van der Waals surface area contributed by atoms with Crippen molar-refractivity contribution in [2.24, 2.45) is 5.92 Å². The molecule has 0 aromatic carbocycles. The number of ether oxygens (including phenoxy) is 2. The second-order valence-corrected chi connectivity index (χ2v) is 6.62. The lowest BCUT2D eigenvalue weighted by Crippen LogP contribution is -2.18. The highest BCUT2D eigenvalue weighted by atomic mass is 16.5. The van der Waals surface area contributed by atoms with Gasteiger partial charge in [-0.2, -0.15) is 0 Å². The van der Waals surface area contributed by atoms with Crippen LogP contribution in [0.25, 0.3) is 0 Å². The standard InChI is InChI=1S/C19H27NO5/c1-4-24-19(23)18-13(3)20-12(2)17(18)15(21)11-25-16(22)10-9-14-7-5-6-8-14/h14,20H,4-11H2,1-3H3. The summed E-state index contributed by atoms with van der Waals surface area (Å²) in [5, 5.41) is 0. The molecule has 0 saturated heterocycles. The van der Waals surface area contributed by atoms with Gasteiger partial charge in [0.1, 0.15) is 0 Å². The van der Waals surface area contributed by atoms with Crippen molar-refractivity contribution in [3.05, 3.63) is 22.5 Å². The molecule has 0 amide bonds. The topological polar surface area (TPSA) is 85.5 Å². The fourth-order valence-electron chi connectivity index (χ4n) is 3.50. The van der Waals surface area contributed by atoms with E-state index < -0.39 is 5.97 Å². The highest BCUT2D eigenvalue weighted by Crippen LogP contribution is 2.28. The molecule has 0 bridgehead atoms. The van der Waals surface area contributed by atoms with Crippen molar-refractivity contribution in [2.45, 2.75) is 59.3 Å². The Morgan fingerprint density at radius 3 is 2.32 bits per heavy atom. The lowest BCUT2D eigenvalue weighted by Gasteiger charge is -2.09. The summed E-state index contributed by atoms with van der Waals surface area (Å²) in [6.07, 6.45) is 5.99. The monoisotopic (exact) mass is 349 g/mol. The fraction of sp³-hybridized carbons (Fsp3) is 0.632. The minimum atomic E-state index is -0.541. The van der Waals surface area contributed by atoms with Gasteiger partial charge >= 0.3 is 11.9 Å². The van der Waals surface area contributed by atoms with E-state index in [1.165, 1.54) is 25.7 Å². The van der Waals surface area contributed by atoms with Crippen LogP contribution >= 0.6 is 0 Å². The molecule has 0 unspecified atom stereocenters. The van der Waals surface area contributed by atoms with E-state index in [0.717, 1.165) is 6.42 Å². The van der Waals surface area contributed by atoms with Crippen molar-refractivity contribution in [3.8, 4) is 0 Å². The number of hydrogen-bond acceptors (Lipinski definition) is 5. The summed E-state index contributed by atoms with van der Waals surface area (Å²) in [4.78, 5) is 39.4. The maximum absolute atomic E-state index is 12.5. The van der Waals surface area contributed by atoms with E-state index in [9.17, 15) is 14.4 Å². The first kappa shape index (κ1) is 19.2. The normalized spacial score (nSPS) is 14.5. The zero-order valence-electron chi connectivity index (χ0n) is 15.3. The van der Waals surface area contributed by atoms with Crippen LogP contribution in [0.15, 0.2) is 0 Å². The molecule has 0 atom stereocenters. The lowest BCUT2D eigenvalue weighted by atomic mass is 10.0. The molecule has 1 saturated carbocycles. The Hall–Kier alpha value is -2.11. The van der Waals surface area contributed by atoms with Gasteiger partial charge in [-0.3, -0.25) is 9.59 Å². The largest absolute Gasteiger partial charge is 0.462 e. The second-order valence-electron chi connectivity index (χ2n) is 6.62. The van der Waals surface area contributed by atoms with E-state index in [2.05, 4.69) is 4.98 Å². The van der Waals surface area contributed by atoms with Crippen molar-refractivity contribution in [1.82, 2.24) is 4.98 Å². The number of nitrogens with one attached hydrogen (secondary N) is 1. The third-order valence-corrected chi connectivity index (χ3v) is 4.73. The van der Waals surface area contributed by atoms with Gasteiger partial charge in [-0.25, -0.2) is 4.79 Å². The van der Waals surface area contributed by atoms with Crippen LogP contribution in [0.1, 0.15) is 77.6 Å². The molecule has 0 radical (unpaired) electrons. The molecule has 138 valence electrons. The zero-order valence-corrected chi connectivity index (χ0v) is 15.3. The van der Waals surface area contributed by atoms with Gasteiger partial charge in [-0.15, -0.1) is 0 Å². The molecule has 1 N–H and O–H groups in total. The summed E-state index contributed by atoms with van der Waals surface area (Å²) in [6, 6.07) is 0. The summed E-state index contributed by atoms with van der Waals surface area (Å²) < 4.78 is 10.1. The summed E-state index contributed by atoms with van der Waals surface area (Å²) in [5.74, 6) is -0.685. The van der Waals surface area contributed by atoms with Gasteiger partial charge in [0.05, 0.1) is 17.7 Å². The number of H-pyrrole nitrogens is 1. The van der Waals surface area contributed by atoms with Crippen LogP contribution in [-0.4, -0.2) is 35.9 Å². The minimum absolute atomic E-state index is 0.228. The minimum Gasteiger partial charge on any atom is -0.462 e.